The van der Waals surface area contributed by atoms with Gasteiger partial charge in [-0.3, -0.25) is 4.79 Å². The molecule has 1 saturated heterocycles. The Morgan fingerprint density at radius 2 is 1.87 bits per heavy atom. The Morgan fingerprint density at radius 1 is 1.18 bits per heavy atom. The predicted octanol–water partition coefficient (Wildman–Crippen LogP) is 6.94. The highest BCUT2D eigenvalue weighted by Gasteiger charge is 2.43. The van der Waals surface area contributed by atoms with Crippen molar-refractivity contribution in [3.8, 4) is 0 Å². The van der Waals surface area contributed by atoms with E-state index in [0.29, 0.717) is 33.4 Å². The maximum atomic E-state index is 15.1. The van der Waals surface area contributed by atoms with Crippen LogP contribution in [0.1, 0.15) is 45.6 Å². The van der Waals surface area contributed by atoms with E-state index in [1.807, 2.05) is 0 Å². The summed E-state index contributed by atoms with van der Waals surface area (Å²) in [6, 6.07) is 8.08. The summed E-state index contributed by atoms with van der Waals surface area (Å²) >= 11 is 6.37. The van der Waals surface area contributed by atoms with Crippen LogP contribution in [0.3, 0.4) is 0 Å². The van der Waals surface area contributed by atoms with Crippen molar-refractivity contribution in [2.45, 2.75) is 52.8 Å². The van der Waals surface area contributed by atoms with Gasteiger partial charge in [-0.15, -0.1) is 0 Å². The van der Waals surface area contributed by atoms with E-state index in [9.17, 15) is 18.0 Å². The summed E-state index contributed by atoms with van der Waals surface area (Å²) in [4.78, 5) is 18.7. The van der Waals surface area contributed by atoms with Crippen molar-refractivity contribution in [2.75, 3.05) is 23.3 Å². The molecule has 0 bridgehead atoms. The number of halogens is 5. The summed E-state index contributed by atoms with van der Waals surface area (Å²) < 4.78 is 56.0. The van der Waals surface area contributed by atoms with E-state index in [-0.39, 0.29) is 24.2 Å². The van der Waals surface area contributed by atoms with Crippen molar-refractivity contribution in [1.82, 2.24) is 14.9 Å². The quantitative estimate of drug-likeness (QED) is 0.311. The van der Waals surface area contributed by atoms with Crippen LogP contribution in [0.4, 0.5) is 34.9 Å². The number of carbonyl (C=O) groups is 1. The molecule has 1 aliphatic rings. The number of benzene rings is 2. The lowest BCUT2D eigenvalue weighted by Crippen LogP contribution is -2.38. The number of hydrogen-bond donors (Lipinski definition) is 2. The molecule has 206 valence electrons. The Balaban J connectivity index is 1.53. The predicted molar refractivity (Wildman–Crippen MR) is 142 cm³/mol. The van der Waals surface area contributed by atoms with Gasteiger partial charge < -0.3 is 20.1 Å². The van der Waals surface area contributed by atoms with Gasteiger partial charge in [0, 0.05) is 32.7 Å². The lowest BCUT2D eigenvalue weighted by Gasteiger charge is -2.38. The minimum Gasteiger partial charge on any atom is -0.369 e. The van der Waals surface area contributed by atoms with Crippen LogP contribution in [0.25, 0.3) is 11.0 Å². The molecule has 38 heavy (non-hydrogen) atoms. The van der Waals surface area contributed by atoms with Crippen molar-refractivity contribution in [1.29, 1.82) is 0 Å². The first-order chi connectivity index (χ1) is 17.8. The zero-order valence-corrected chi connectivity index (χ0v) is 22.6. The number of aryl methyl sites for hydroxylation is 1. The number of nitrogens with zero attached hydrogens (tertiary/aromatic N) is 3. The van der Waals surface area contributed by atoms with Crippen molar-refractivity contribution >= 4 is 45.9 Å². The molecule has 1 aromatic heterocycles. The van der Waals surface area contributed by atoms with Gasteiger partial charge in [-0.25, -0.2) is 9.37 Å². The fourth-order valence-corrected chi connectivity index (χ4v) is 4.85. The second kappa shape index (κ2) is 10.6. The first-order valence-electron chi connectivity index (χ1n) is 12.6. The van der Waals surface area contributed by atoms with E-state index in [2.05, 4.69) is 34.4 Å². The average Bonchev–Trinajstić information content (AvgIpc) is 3.12. The van der Waals surface area contributed by atoms with E-state index in [4.69, 9.17) is 11.6 Å². The highest BCUT2D eigenvalue weighted by atomic mass is 35.5. The van der Waals surface area contributed by atoms with Gasteiger partial charge in [-0.1, -0.05) is 38.4 Å². The van der Waals surface area contributed by atoms with Gasteiger partial charge in [0.15, 0.2) is 0 Å². The highest BCUT2D eigenvalue weighted by molar-refractivity contribution is 6.33. The molecule has 11 heteroatoms. The molecule has 6 nitrogen and oxygen atoms in total. The fourth-order valence-electron chi connectivity index (χ4n) is 4.69. The molecule has 0 spiro atoms. The summed E-state index contributed by atoms with van der Waals surface area (Å²) in [6.07, 6.45) is -2.98. The number of fused-ring (bicyclic) bond motifs is 1. The molecular formula is C27H32ClF4N5O. The van der Waals surface area contributed by atoms with Gasteiger partial charge in [0.1, 0.15) is 11.7 Å². The number of alkyl halides is 3. The lowest BCUT2D eigenvalue weighted by atomic mass is 9.82. The second-order valence-corrected chi connectivity index (χ2v) is 11.0. The summed E-state index contributed by atoms with van der Waals surface area (Å²) in [7, 11) is 1.80. The van der Waals surface area contributed by atoms with Gasteiger partial charge in [-0.05, 0) is 48.4 Å². The molecule has 1 unspecified atom stereocenters. The Morgan fingerprint density at radius 3 is 2.50 bits per heavy atom. The van der Waals surface area contributed by atoms with Crippen molar-refractivity contribution in [3.05, 3.63) is 46.7 Å². The molecule has 0 saturated carbocycles. The number of aromatic nitrogens is 2. The second-order valence-electron chi connectivity index (χ2n) is 10.6. The van der Waals surface area contributed by atoms with Crippen LogP contribution in [0.2, 0.25) is 5.02 Å². The monoisotopic (exact) mass is 553 g/mol. The average molecular weight is 554 g/mol. The van der Waals surface area contributed by atoms with E-state index >= 15 is 4.39 Å². The number of piperidine rings is 1. The number of anilines is 3. The Bertz CT molecular complexity index is 1330. The van der Waals surface area contributed by atoms with Gasteiger partial charge in [-0.2, -0.15) is 13.2 Å². The normalized spacial score (nSPS) is 16.5. The van der Waals surface area contributed by atoms with Crippen molar-refractivity contribution in [3.63, 3.8) is 0 Å². The zero-order chi connectivity index (χ0) is 27.8. The lowest BCUT2D eigenvalue weighted by molar-refractivity contribution is -0.183. The molecule has 1 atom stereocenters. The van der Waals surface area contributed by atoms with Crippen LogP contribution in [-0.2, 0) is 18.4 Å². The van der Waals surface area contributed by atoms with Crippen LogP contribution in [0.15, 0.2) is 30.3 Å². The van der Waals surface area contributed by atoms with Gasteiger partial charge in [0.25, 0.3) is 0 Å². The number of nitrogens with one attached hydrogen (secondary N) is 2. The molecule has 2 N–H and O–H groups in total. The topological polar surface area (TPSA) is 62.2 Å². The highest BCUT2D eigenvalue weighted by Crippen LogP contribution is 2.36. The number of imidazole rings is 1. The molecule has 2 heterocycles. The van der Waals surface area contributed by atoms with Crippen LogP contribution in [0.5, 0.6) is 0 Å². The first kappa shape index (κ1) is 28.0. The molecule has 4 rings (SSSR count). The molecule has 1 fully saturated rings. The summed E-state index contributed by atoms with van der Waals surface area (Å²) in [6.45, 7) is 7.23. The maximum absolute atomic E-state index is 15.1. The third-order valence-electron chi connectivity index (χ3n) is 7.27. The maximum Gasteiger partial charge on any atom is 0.400 e. The summed E-state index contributed by atoms with van der Waals surface area (Å²) in [5.74, 6) is -3.05. The van der Waals surface area contributed by atoms with Crippen LogP contribution < -0.4 is 15.5 Å². The molecule has 2 aromatic carbocycles. The largest absolute Gasteiger partial charge is 0.400 e. The number of carbonyl (C=O) groups excluding carboxylic acids is 1. The van der Waals surface area contributed by atoms with Crippen LogP contribution in [0, 0.1) is 17.2 Å². The van der Waals surface area contributed by atoms with Gasteiger partial charge >= 0.3 is 6.18 Å². The van der Waals surface area contributed by atoms with Crippen molar-refractivity contribution < 1.29 is 22.4 Å². The molecule has 0 aliphatic carbocycles. The molecular weight excluding hydrogens is 522 g/mol. The standard InChI is InChI=1S/C27H32ClF4N5O/c1-5-17(27(30,31)32)24(38)33-15-16-6-7-18(28)20(12-16)34-25-35-21-13-19(29)22(14-23(21)36(25)4)37-10-8-26(2,3)9-11-37/h6-7,12-14,17H,5,8-11,15H2,1-4H3,(H,33,38)(H,34,35). The van der Waals surface area contributed by atoms with E-state index in [1.165, 1.54) is 13.0 Å². The number of rotatable bonds is 7. The van der Waals surface area contributed by atoms with Crippen LogP contribution in [-0.4, -0.2) is 34.7 Å². The SMILES string of the molecule is CCC(C(=O)NCc1ccc(Cl)c(Nc2nc3cc(F)c(N4CCC(C)(C)CC4)cc3n2C)c1)C(F)(F)F. The Kier molecular flexibility index (Phi) is 7.84. The fraction of sp³-hybridized carbons (Fsp3) is 0.481. The van der Waals surface area contributed by atoms with Crippen LogP contribution >= 0.6 is 11.6 Å². The van der Waals surface area contributed by atoms with E-state index in [0.717, 1.165) is 31.4 Å². The minimum absolute atomic E-state index is 0.0962. The van der Waals surface area contributed by atoms with Crippen molar-refractivity contribution in [2.24, 2.45) is 18.4 Å². The van der Waals surface area contributed by atoms with E-state index in [1.54, 1.807) is 35.9 Å². The number of amides is 1. The molecule has 1 amide bonds. The molecule has 3 aromatic rings. The Labute approximate surface area is 224 Å². The molecule has 1 aliphatic heterocycles. The molecule has 0 radical (unpaired) electrons. The van der Waals surface area contributed by atoms with E-state index < -0.39 is 18.0 Å². The first-order valence-corrected chi connectivity index (χ1v) is 13.0. The Hall–Kier alpha value is -3.01. The van der Waals surface area contributed by atoms with Gasteiger partial charge in [0.05, 0.1) is 27.4 Å². The third kappa shape index (κ3) is 6.00. The van der Waals surface area contributed by atoms with Gasteiger partial charge in [0.2, 0.25) is 11.9 Å². The number of hydrogen-bond acceptors (Lipinski definition) is 4. The smallest absolute Gasteiger partial charge is 0.369 e. The minimum atomic E-state index is -4.60. The summed E-state index contributed by atoms with van der Waals surface area (Å²) in [5.41, 5.74) is 3.02. The summed E-state index contributed by atoms with van der Waals surface area (Å²) in [5, 5.41) is 5.85. The third-order valence-corrected chi connectivity index (χ3v) is 7.60. The zero-order valence-electron chi connectivity index (χ0n) is 21.8.